The zero-order valence-corrected chi connectivity index (χ0v) is 11.6. The van der Waals surface area contributed by atoms with Gasteiger partial charge in [0, 0.05) is 12.3 Å². The van der Waals surface area contributed by atoms with Gasteiger partial charge in [-0.25, -0.2) is 0 Å². The van der Waals surface area contributed by atoms with Crippen molar-refractivity contribution in [3.05, 3.63) is 52.8 Å². The average Bonchev–Trinajstić information content (AvgIpc) is 2.44. The number of nitrogens with two attached hydrogens (primary N) is 1. The molecule has 0 fully saturated rings. The van der Waals surface area contributed by atoms with E-state index in [0.29, 0.717) is 28.7 Å². The van der Waals surface area contributed by atoms with Crippen LogP contribution in [0.3, 0.4) is 0 Å². The first kappa shape index (κ1) is 14.1. The SMILES string of the molecule is COc1cc(COc2cncc(Cl)c2)ccc1C(=N)N. The Morgan fingerprint density at radius 2 is 2.15 bits per heavy atom. The molecule has 2 rings (SSSR count). The van der Waals surface area contributed by atoms with Crippen LogP contribution in [-0.2, 0) is 6.61 Å². The molecule has 0 aliphatic heterocycles. The Kier molecular flexibility index (Phi) is 4.42. The van der Waals surface area contributed by atoms with Gasteiger partial charge >= 0.3 is 0 Å². The number of benzene rings is 1. The lowest BCUT2D eigenvalue weighted by Crippen LogP contribution is -2.12. The van der Waals surface area contributed by atoms with E-state index in [2.05, 4.69) is 4.98 Å². The predicted molar refractivity (Wildman–Crippen MR) is 77.6 cm³/mol. The van der Waals surface area contributed by atoms with E-state index in [9.17, 15) is 0 Å². The second-order valence-electron chi connectivity index (χ2n) is 4.08. The number of ether oxygens (including phenoxy) is 2. The van der Waals surface area contributed by atoms with E-state index in [1.54, 1.807) is 30.6 Å². The van der Waals surface area contributed by atoms with Crippen LogP contribution < -0.4 is 15.2 Å². The molecule has 0 aliphatic carbocycles. The number of methoxy groups -OCH3 is 1. The molecule has 2 aromatic rings. The lowest BCUT2D eigenvalue weighted by atomic mass is 10.1. The van der Waals surface area contributed by atoms with Crippen molar-refractivity contribution in [1.82, 2.24) is 4.98 Å². The number of pyridine rings is 1. The molecule has 0 amide bonds. The molecule has 0 saturated heterocycles. The van der Waals surface area contributed by atoms with Crippen molar-refractivity contribution in [2.75, 3.05) is 7.11 Å². The summed E-state index contributed by atoms with van der Waals surface area (Å²) >= 11 is 5.83. The van der Waals surface area contributed by atoms with Gasteiger partial charge in [-0.3, -0.25) is 10.4 Å². The Morgan fingerprint density at radius 1 is 1.35 bits per heavy atom. The van der Waals surface area contributed by atoms with Crippen molar-refractivity contribution < 1.29 is 9.47 Å². The highest BCUT2D eigenvalue weighted by atomic mass is 35.5. The normalized spacial score (nSPS) is 10.1. The number of hydrogen-bond donors (Lipinski definition) is 2. The third kappa shape index (κ3) is 3.39. The van der Waals surface area contributed by atoms with Crippen molar-refractivity contribution >= 4 is 17.4 Å². The van der Waals surface area contributed by atoms with Crippen LogP contribution in [0, 0.1) is 5.41 Å². The quantitative estimate of drug-likeness (QED) is 0.655. The first-order valence-electron chi connectivity index (χ1n) is 5.85. The third-order valence-corrected chi connectivity index (χ3v) is 2.85. The number of aromatic nitrogens is 1. The molecule has 0 saturated carbocycles. The molecule has 3 N–H and O–H groups in total. The van der Waals surface area contributed by atoms with Gasteiger partial charge in [-0.2, -0.15) is 0 Å². The molecule has 6 heteroatoms. The number of halogens is 1. The van der Waals surface area contributed by atoms with Crippen molar-refractivity contribution in [2.45, 2.75) is 6.61 Å². The molecule has 5 nitrogen and oxygen atoms in total. The molecular weight excluding hydrogens is 278 g/mol. The van der Waals surface area contributed by atoms with Crippen molar-refractivity contribution in [2.24, 2.45) is 5.73 Å². The van der Waals surface area contributed by atoms with E-state index in [1.165, 1.54) is 7.11 Å². The summed E-state index contributed by atoms with van der Waals surface area (Å²) in [5, 5.41) is 7.97. The zero-order valence-electron chi connectivity index (χ0n) is 10.9. The summed E-state index contributed by atoms with van der Waals surface area (Å²) in [5.74, 6) is 1.10. The van der Waals surface area contributed by atoms with Gasteiger partial charge in [0.05, 0.1) is 23.9 Å². The molecule has 0 atom stereocenters. The first-order valence-corrected chi connectivity index (χ1v) is 6.22. The topological polar surface area (TPSA) is 81.2 Å². The zero-order chi connectivity index (χ0) is 14.5. The maximum absolute atomic E-state index is 7.45. The molecule has 104 valence electrons. The van der Waals surface area contributed by atoms with Crippen molar-refractivity contribution in [1.29, 1.82) is 5.41 Å². The van der Waals surface area contributed by atoms with Gasteiger partial charge in [0.25, 0.3) is 0 Å². The minimum Gasteiger partial charge on any atom is -0.496 e. The summed E-state index contributed by atoms with van der Waals surface area (Å²) in [4.78, 5) is 3.94. The largest absolute Gasteiger partial charge is 0.496 e. The van der Waals surface area contributed by atoms with Crippen molar-refractivity contribution in [3.8, 4) is 11.5 Å². The van der Waals surface area contributed by atoms with Crippen LogP contribution in [0.1, 0.15) is 11.1 Å². The Morgan fingerprint density at radius 3 is 2.80 bits per heavy atom. The van der Waals surface area contributed by atoms with Gasteiger partial charge < -0.3 is 15.2 Å². The summed E-state index contributed by atoms with van der Waals surface area (Å²) in [5.41, 5.74) is 6.92. The molecule has 0 bridgehead atoms. The molecule has 20 heavy (non-hydrogen) atoms. The second kappa shape index (κ2) is 6.25. The average molecular weight is 292 g/mol. The smallest absolute Gasteiger partial charge is 0.139 e. The summed E-state index contributed by atoms with van der Waals surface area (Å²) in [6.07, 6.45) is 3.13. The Balaban J connectivity index is 2.12. The van der Waals surface area contributed by atoms with Gasteiger partial charge in [-0.1, -0.05) is 17.7 Å². The number of amidine groups is 1. The molecule has 0 aliphatic rings. The van der Waals surface area contributed by atoms with E-state index >= 15 is 0 Å². The van der Waals surface area contributed by atoms with Crippen LogP contribution >= 0.6 is 11.6 Å². The van der Waals surface area contributed by atoms with Crippen LogP contribution in [0.5, 0.6) is 11.5 Å². The van der Waals surface area contributed by atoms with E-state index < -0.39 is 0 Å². The predicted octanol–water partition coefficient (Wildman–Crippen LogP) is 2.61. The molecule has 0 unspecified atom stereocenters. The Bertz CT molecular complexity index is 632. The monoisotopic (exact) mass is 291 g/mol. The lowest BCUT2D eigenvalue weighted by molar-refractivity contribution is 0.304. The van der Waals surface area contributed by atoms with Crippen LogP contribution in [0.4, 0.5) is 0 Å². The molecular formula is C14H14ClN3O2. The highest BCUT2D eigenvalue weighted by molar-refractivity contribution is 6.30. The van der Waals surface area contributed by atoms with E-state index in [1.807, 2.05) is 6.07 Å². The van der Waals surface area contributed by atoms with E-state index in [-0.39, 0.29) is 5.84 Å². The summed E-state index contributed by atoms with van der Waals surface area (Å²) in [7, 11) is 1.54. The number of nitrogens with zero attached hydrogens (tertiary/aromatic N) is 1. The fourth-order valence-electron chi connectivity index (χ4n) is 1.69. The van der Waals surface area contributed by atoms with Gasteiger partial charge in [-0.05, 0) is 17.7 Å². The number of hydrogen-bond acceptors (Lipinski definition) is 4. The van der Waals surface area contributed by atoms with Gasteiger partial charge in [0.15, 0.2) is 0 Å². The number of nitrogens with one attached hydrogen (secondary N) is 1. The van der Waals surface area contributed by atoms with E-state index in [0.717, 1.165) is 5.56 Å². The molecule has 1 aromatic carbocycles. The van der Waals surface area contributed by atoms with Crippen LogP contribution in [0.15, 0.2) is 36.7 Å². The number of rotatable bonds is 5. The fourth-order valence-corrected chi connectivity index (χ4v) is 1.85. The van der Waals surface area contributed by atoms with Crippen LogP contribution in [0.25, 0.3) is 0 Å². The summed E-state index contributed by atoms with van der Waals surface area (Å²) in [6.45, 7) is 0.344. The Labute approximate surface area is 121 Å². The second-order valence-corrected chi connectivity index (χ2v) is 4.51. The highest BCUT2D eigenvalue weighted by Crippen LogP contribution is 2.21. The standard InChI is InChI=1S/C14H14ClN3O2/c1-19-13-4-9(2-3-12(13)14(16)17)8-20-11-5-10(15)6-18-7-11/h2-7H,8H2,1H3,(H3,16,17). The van der Waals surface area contributed by atoms with Gasteiger partial charge in [0.1, 0.15) is 23.9 Å². The maximum atomic E-state index is 7.45. The minimum absolute atomic E-state index is 0.0339. The molecule has 0 radical (unpaired) electrons. The highest BCUT2D eigenvalue weighted by Gasteiger charge is 2.07. The maximum Gasteiger partial charge on any atom is 0.139 e. The van der Waals surface area contributed by atoms with Crippen LogP contribution in [0.2, 0.25) is 5.02 Å². The summed E-state index contributed by atoms with van der Waals surface area (Å²) < 4.78 is 10.8. The van der Waals surface area contributed by atoms with Crippen molar-refractivity contribution in [3.63, 3.8) is 0 Å². The molecule has 0 spiro atoms. The lowest BCUT2D eigenvalue weighted by Gasteiger charge is -2.10. The first-order chi connectivity index (χ1) is 9.60. The van der Waals surface area contributed by atoms with Gasteiger partial charge in [-0.15, -0.1) is 0 Å². The molecule has 1 heterocycles. The van der Waals surface area contributed by atoms with E-state index in [4.69, 9.17) is 32.2 Å². The fraction of sp³-hybridized carbons (Fsp3) is 0.143. The number of nitrogen functional groups attached to an aromatic ring is 1. The van der Waals surface area contributed by atoms with Crippen LogP contribution in [-0.4, -0.2) is 17.9 Å². The minimum atomic E-state index is -0.0339. The Hall–Kier alpha value is -2.27. The summed E-state index contributed by atoms with van der Waals surface area (Å²) in [6, 6.07) is 7.04. The third-order valence-electron chi connectivity index (χ3n) is 2.64. The van der Waals surface area contributed by atoms with Gasteiger partial charge in [0.2, 0.25) is 0 Å². The molecule has 1 aromatic heterocycles.